The zero-order valence-corrected chi connectivity index (χ0v) is 16.2. The van der Waals surface area contributed by atoms with E-state index in [2.05, 4.69) is 0 Å². The standard InChI is InChI=1S/C20H14F6N2O2.ClH/c21-19(22,23)15-8-11(27)4-6-17(15)29-13-2-1-3-14(10-13)30-18-7-5-12(28)9-16(18)20(24,25)26;/h1-10H,27-28H2;1H. The van der Waals surface area contributed by atoms with Crippen LogP contribution in [0.25, 0.3) is 0 Å². The highest BCUT2D eigenvalue weighted by Gasteiger charge is 2.36. The van der Waals surface area contributed by atoms with Crippen molar-refractivity contribution in [3.8, 4) is 23.0 Å². The number of hydrogen-bond acceptors (Lipinski definition) is 4. The van der Waals surface area contributed by atoms with Gasteiger partial charge in [-0.1, -0.05) is 6.07 Å². The van der Waals surface area contributed by atoms with Crippen molar-refractivity contribution in [2.24, 2.45) is 0 Å². The van der Waals surface area contributed by atoms with Gasteiger partial charge in [0.05, 0.1) is 0 Å². The highest BCUT2D eigenvalue weighted by Crippen LogP contribution is 2.41. The Bertz CT molecular complexity index is 990. The van der Waals surface area contributed by atoms with Crippen LogP contribution in [-0.4, -0.2) is 0 Å². The largest absolute Gasteiger partial charge is 0.457 e. The maximum atomic E-state index is 13.2. The zero-order valence-electron chi connectivity index (χ0n) is 15.4. The minimum Gasteiger partial charge on any atom is -0.457 e. The molecular weight excluding hydrogens is 450 g/mol. The molecule has 0 aromatic heterocycles. The molecule has 0 fully saturated rings. The number of rotatable bonds is 4. The van der Waals surface area contributed by atoms with Crippen molar-refractivity contribution in [2.75, 3.05) is 11.5 Å². The lowest BCUT2D eigenvalue weighted by Gasteiger charge is -2.16. The number of hydrogen-bond donors (Lipinski definition) is 2. The number of benzene rings is 3. The molecule has 4 nitrogen and oxygen atoms in total. The molecule has 0 heterocycles. The average Bonchev–Trinajstić information content (AvgIpc) is 2.63. The van der Waals surface area contributed by atoms with Gasteiger partial charge < -0.3 is 20.9 Å². The van der Waals surface area contributed by atoms with E-state index in [1.165, 1.54) is 30.3 Å². The second kappa shape index (κ2) is 8.84. The predicted molar refractivity (Wildman–Crippen MR) is 106 cm³/mol. The summed E-state index contributed by atoms with van der Waals surface area (Å²) in [6, 6.07) is 11.2. The van der Waals surface area contributed by atoms with Gasteiger partial charge in [-0.15, -0.1) is 12.4 Å². The molecule has 3 aromatic rings. The van der Waals surface area contributed by atoms with Gasteiger partial charge in [0.25, 0.3) is 0 Å². The first-order chi connectivity index (χ1) is 13.9. The third kappa shape index (κ3) is 5.88. The van der Waals surface area contributed by atoms with Gasteiger partial charge in [0.15, 0.2) is 0 Å². The van der Waals surface area contributed by atoms with Crippen molar-refractivity contribution in [3.05, 3.63) is 71.8 Å². The first kappa shape index (κ1) is 24.0. The summed E-state index contributed by atoms with van der Waals surface area (Å²) in [4.78, 5) is 0. The molecule has 166 valence electrons. The van der Waals surface area contributed by atoms with Gasteiger partial charge >= 0.3 is 12.4 Å². The zero-order chi connectivity index (χ0) is 22.1. The third-order valence-corrected chi connectivity index (χ3v) is 3.88. The summed E-state index contributed by atoms with van der Waals surface area (Å²) >= 11 is 0. The lowest BCUT2D eigenvalue weighted by atomic mass is 10.1. The molecule has 0 bridgehead atoms. The topological polar surface area (TPSA) is 70.5 Å². The van der Waals surface area contributed by atoms with Crippen LogP contribution < -0.4 is 20.9 Å². The summed E-state index contributed by atoms with van der Waals surface area (Å²) in [6.07, 6.45) is -9.44. The minimum atomic E-state index is -4.72. The van der Waals surface area contributed by atoms with Gasteiger partial charge in [0.2, 0.25) is 0 Å². The first-order valence-corrected chi connectivity index (χ1v) is 8.33. The smallest absolute Gasteiger partial charge is 0.420 e. The maximum Gasteiger partial charge on any atom is 0.420 e. The number of anilines is 2. The van der Waals surface area contributed by atoms with E-state index in [1.54, 1.807) is 0 Å². The highest BCUT2D eigenvalue weighted by atomic mass is 35.5. The molecule has 0 amide bonds. The quantitative estimate of drug-likeness (QED) is 0.325. The molecule has 0 spiro atoms. The van der Waals surface area contributed by atoms with Crippen molar-refractivity contribution in [2.45, 2.75) is 12.4 Å². The summed E-state index contributed by atoms with van der Waals surface area (Å²) in [6.45, 7) is 0. The Balaban J connectivity index is 0.00000341. The molecule has 0 aliphatic heterocycles. The SMILES string of the molecule is Cl.Nc1ccc(Oc2cccc(Oc3ccc(N)cc3C(F)(F)F)c2)c(C(F)(F)F)c1. The molecule has 0 radical (unpaired) electrons. The van der Waals surface area contributed by atoms with E-state index in [4.69, 9.17) is 20.9 Å². The van der Waals surface area contributed by atoms with E-state index in [0.717, 1.165) is 30.3 Å². The molecule has 0 aliphatic rings. The maximum absolute atomic E-state index is 13.2. The summed E-state index contributed by atoms with van der Waals surface area (Å²) in [5.74, 6) is -1.19. The summed E-state index contributed by atoms with van der Waals surface area (Å²) < 4.78 is 89.8. The Kier molecular flexibility index (Phi) is 6.85. The van der Waals surface area contributed by atoms with Crippen LogP contribution in [0.3, 0.4) is 0 Å². The van der Waals surface area contributed by atoms with Gasteiger partial charge in [-0.3, -0.25) is 0 Å². The summed E-state index contributed by atoms with van der Waals surface area (Å²) in [5, 5.41) is 0. The summed E-state index contributed by atoms with van der Waals surface area (Å²) in [5.41, 5.74) is 8.44. The van der Waals surface area contributed by atoms with Crippen molar-refractivity contribution >= 4 is 23.8 Å². The lowest BCUT2D eigenvalue weighted by Crippen LogP contribution is -2.08. The van der Waals surface area contributed by atoms with Gasteiger partial charge in [-0.25, -0.2) is 0 Å². The number of nitrogens with two attached hydrogens (primary N) is 2. The Hall–Kier alpha value is -3.27. The monoisotopic (exact) mass is 464 g/mol. The number of nitrogen functional groups attached to an aromatic ring is 2. The molecule has 0 saturated carbocycles. The third-order valence-electron chi connectivity index (χ3n) is 3.88. The molecule has 0 unspecified atom stereocenters. The molecule has 0 saturated heterocycles. The van der Waals surface area contributed by atoms with Gasteiger partial charge in [0, 0.05) is 17.4 Å². The van der Waals surface area contributed by atoms with Gasteiger partial charge in [-0.05, 0) is 48.5 Å². The van der Waals surface area contributed by atoms with Crippen molar-refractivity contribution in [3.63, 3.8) is 0 Å². The number of ether oxygens (including phenoxy) is 2. The fourth-order valence-corrected chi connectivity index (χ4v) is 2.57. The molecule has 0 atom stereocenters. The van der Waals surface area contributed by atoms with Crippen LogP contribution in [0.2, 0.25) is 0 Å². The fourth-order valence-electron chi connectivity index (χ4n) is 2.57. The molecule has 0 aliphatic carbocycles. The molecule has 4 N–H and O–H groups in total. The van der Waals surface area contributed by atoms with Crippen LogP contribution in [-0.2, 0) is 12.4 Å². The average molecular weight is 465 g/mol. The molecule has 3 aromatic carbocycles. The van der Waals surface area contributed by atoms with Crippen LogP contribution in [0.5, 0.6) is 23.0 Å². The van der Waals surface area contributed by atoms with Crippen molar-refractivity contribution < 1.29 is 35.8 Å². The van der Waals surface area contributed by atoms with E-state index >= 15 is 0 Å². The van der Waals surface area contributed by atoms with E-state index < -0.39 is 35.0 Å². The minimum absolute atomic E-state index is 0. The van der Waals surface area contributed by atoms with Crippen LogP contribution >= 0.6 is 12.4 Å². The Morgan fingerprint density at radius 1 is 0.581 bits per heavy atom. The molecule has 3 rings (SSSR count). The van der Waals surface area contributed by atoms with E-state index in [0.29, 0.717) is 0 Å². The predicted octanol–water partition coefficient (Wildman–Crippen LogP) is 6.90. The molecular formula is C20H15ClF6N2O2. The fraction of sp³-hybridized carbons (Fsp3) is 0.100. The Labute approximate surface area is 178 Å². The van der Waals surface area contributed by atoms with Crippen molar-refractivity contribution in [1.82, 2.24) is 0 Å². The van der Waals surface area contributed by atoms with Gasteiger partial charge in [0.1, 0.15) is 34.1 Å². The van der Waals surface area contributed by atoms with E-state index in [9.17, 15) is 26.3 Å². The van der Waals surface area contributed by atoms with E-state index in [-0.39, 0.29) is 35.3 Å². The second-order valence-corrected chi connectivity index (χ2v) is 6.19. The van der Waals surface area contributed by atoms with Crippen LogP contribution in [0.4, 0.5) is 37.7 Å². The van der Waals surface area contributed by atoms with Crippen LogP contribution in [0.1, 0.15) is 11.1 Å². The second-order valence-electron chi connectivity index (χ2n) is 6.19. The summed E-state index contributed by atoms with van der Waals surface area (Å²) in [7, 11) is 0. The van der Waals surface area contributed by atoms with Crippen LogP contribution in [0, 0.1) is 0 Å². The Morgan fingerprint density at radius 3 is 1.32 bits per heavy atom. The lowest BCUT2D eigenvalue weighted by molar-refractivity contribution is -0.139. The molecule has 11 heteroatoms. The number of alkyl halides is 6. The first-order valence-electron chi connectivity index (χ1n) is 8.33. The van der Waals surface area contributed by atoms with Crippen LogP contribution in [0.15, 0.2) is 60.7 Å². The Morgan fingerprint density at radius 2 is 0.968 bits per heavy atom. The molecule has 31 heavy (non-hydrogen) atoms. The van der Waals surface area contributed by atoms with E-state index in [1.807, 2.05) is 0 Å². The van der Waals surface area contributed by atoms with Crippen molar-refractivity contribution in [1.29, 1.82) is 0 Å². The normalized spacial score (nSPS) is 11.5. The van der Waals surface area contributed by atoms with Gasteiger partial charge in [-0.2, -0.15) is 26.3 Å². The number of halogens is 7. The highest BCUT2D eigenvalue weighted by molar-refractivity contribution is 5.85.